The van der Waals surface area contributed by atoms with Crippen molar-refractivity contribution in [1.82, 2.24) is 25.1 Å². The van der Waals surface area contributed by atoms with Gasteiger partial charge in [-0.2, -0.15) is 31.3 Å². The number of anilines is 3. The van der Waals surface area contributed by atoms with Crippen molar-refractivity contribution in [3.8, 4) is 23.0 Å². The minimum atomic E-state index is -4.62. The summed E-state index contributed by atoms with van der Waals surface area (Å²) in [5.74, 6) is 0.206. The predicted octanol–water partition coefficient (Wildman–Crippen LogP) is 6.66. The Balaban J connectivity index is 1.46. The minimum Gasteiger partial charge on any atom is -0.439 e. The number of benzene rings is 2. The molecular formula is C20H12ClF6N7OS. The number of aromatic nitrogens is 5. The Labute approximate surface area is 207 Å². The lowest BCUT2D eigenvalue weighted by Crippen LogP contribution is -2.06. The maximum absolute atomic E-state index is 13.1. The standard InChI is InChI=1S/C20H12ClF6N7OS/c21-13-6-3-10(7-12(13)19(22,23)24)29-17-32-16(33-34-17)9-1-4-11(5-2-9)35-15-8-14(28)30-18(31-15)36-20(25,26)27/h1-8H,(H2,28,30,31)(H2,29,32,33,34). The Morgan fingerprint density at radius 2 is 1.67 bits per heavy atom. The van der Waals surface area contributed by atoms with Crippen LogP contribution in [0.15, 0.2) is 53.7 Å². The molecular weight excluding hydrogens is 536 g/mol. The highest BCUT2D eigenvalue weighted by Gasteiger charge is 2.33. The molecule has 16 heteroatoms. The molecule has 188 valence electrons. The Bertz CT molecular complexity index is 1380. The fourth-order valence-electron chi connectivity index (χ4n) is 2.83. The number of ether oxygens (including phenoxy) is 1. The topological polar surface area (TPSA) is 115 Å². The average molecular weight is 548 g/mol. The molecule has 0 saturated carbocycles. The van der Waals surface area contributed by atoms with Gasteiger partial charge in [-0.15, -0.1) is 10.2 Å². The van der Waals surface area contributed by atoms with Gasteiger partial charge < -0.3 is 20.8 Å². The van der Waals surface area contributed by atoms with Gasteiger partial charge in [-0.05, 0) is 42.5 Å². The number of H-pyrrole nitrogens is 1. The van der Waals surface area contributed by atoms with E-state index < -0.39 is 39.2 Å². The normalized spacial score (nSPS) is 12.0. The summed E-state index contributed by atoms with van der Waals surface area (Å²) in [6, 6.07) is 10.6. The maximum Gasteiger partial charge on any atom is 0.449 e. The van der Waals surface area contributed by atoms with Crippen molar-refractivity contribution in [2.24, 2.45) is 0 Å². The van der Waals surface area contributed by atoms with Gasteiger partial charge in [0, 0.05) is 29.1 Å². The molecule has 4 rings (SSSR count). The lowest BCUT2D eigenvalue weighted by Gasteiger charge is -2.11. The van der Waals surface area contributed by atoms with E-state index >= 15 is 0 Å². The number of hydrogen-bond donors (Lipinski definition) is 3. The molecule has 4 N–H and O–H groups in total. The molecule has 4 aromatic rings. The van der Waals surface area contributed by atoms with E-state index in [4.69, 9.17) is 22.1 Å². The number of aromatic amines is 1. The van der Waals surface area contributed by atoms with Crippen LogP contribution in [-0.2, 0) is 6.18 Å². The number of alkyl halides is 6. The minimum absolute atomic E-state index is 0.0759. The number of hydrogen-bond acceptors (Lipinski definition) is 8. The molecule has 0 aliphatic rings. The third-order valence-electron chi connectivity index (χ3n) is 4.28. The van der Waals surface area contributed by atoms with Crippen LogP contribution in [0.5, 0.6) is 11.6 Å². The second-order valence-electron chi connectivity index (χ2n) is 6.93. The number of nitrogens with one attached hydrogen (secondary N) is 2. The van der Waals surface area contributed by atoms with Crippen molar-refractivity contribution in [2.75, 3.05) is 11.1 Å². The smallest absolute Gasteiger partial charge is 0.439 e. The number of nitrogens with two attached hydrogens (primary N) is 1. The number of nitrogens with zero attached hydrogens (tertiary/aromatic N) is 4. The van der Waals surface area contributed by atoms with Crippen LogP contribution in [0, 0.1) is 0 Å². The van der Waals surface area contributed by atoms with Crippen LogP contribution < -0.4 is 15.8 Å². The molecule has 0 amide bonds. The number of rotatable bonds is 6. The predicted molar refractivity (Wildman–Crippen MR) is 120 cm³/mol. The van der Waals surface area contributed by atoms with Crippen molar-refractivity contribution in [3.05, 3.63) is 59.1 Å². The molecule has 2 aromatic carbocycles. The Kier molecular flexibility index (Phi) is 6.86. The van der Waals surface area contributed by atoms with E-state index in [0.717, 1.165) is 12.1 Å². The summed E-state index contributed by atoms with van der Waals surface area (Å²) < 4.78 is 82.3. The number of thioether (sulfide) groups is 1. The lowest BCUT2D eigenvalue weighted by atomic mass is 10.2. The molecule has 0 saturated heterocycles. The Morgan fingerprint density at radius 3 is 2.33 bits per heavy atom. The lowest BCUT2D eigenvalue weighted by molar-refractivity contribution is -0.137. The zero-order valence-corrected chi connectivity index (χ0v) is 19.0. The van der Waals surface area contributed by atoms with Crippen molar-refractivity contribution in [1.29, 1.82) is 0 Å². The average Bonchev–Trinajstić information content (AvgIpc) is 3.21. The van der Waals surface area contributed by atoms with Crippen LogP contribution in [0.1, 0.15) is 5.56 Å². The summed E-state index contributed by atoms with van der Waals surface area (Å²) in [5, 5.41) is 9.43. The molecule has 0 spiro atoms. The van der Waals surface area contributed by atoms with Gasteiger partial charge in [-0.25, -0.2) is 4.98 Å². The number of nitrogen functional groups attached to an aromatic ring is 1. The molecule has 0 bridgehead atoms. The van der Waals surface area contributed by atoms with E-state index in [1.165, 1.54) is 24.3 Å². The molecule has 2 heterocycles. The van der Waals surface area contributed by atoms with E-state index in [2.05, 4.69) is 30.5 Å². The summed E-state index contributed by atoms with van der Waals surface area (Å²) in [6.45, 7) is 0. The molecule has 0 atom stereocenters. The van der Waals surface area contributed by atoms with Gasteiger partial charge in [0.2, 0.25) is 17.0 Å². The summed E-state index contributed by atoms with van der Waals surface area (Å²) >= 11 is 5.09. The third-order valence-corrected chi connectivity index (χ3v) is 5.21. The largest absolute Gasteiger partial charge is 0.449 e. The zero-order valence-electron chi connectivity index (χ0n) is 17.4. The fraction of sp³-hybridized carbons (Fsp3) is 0.100. The first-order chi connectivity index (χ1) is 16.9. The Morgan fingerprint density at radius 1 is 0.944 bits per heavy atom. The molecule has 0 aliphatic carbocycles. The second-order valence-corrected chi connectivity index (χ2v) is 8.37. The van der Waals surface area contributed by atoms with Crippen LogP contribution in [0.2, 0.25) is 5.02 Å². The number of halogens is 7. The van der Waals surface area contributed by atoms with E-state index in [1.54, 1.807) is 12.1 Å². The van der Waals surface area contributed by atoms with Crippen molar-refractivity contribution >= 4 is 40.8 Å². The van der Waals surface area contributed by atoms with Crippen molar-refractivity contribution in [3.63, 3.8) is 0 Å². The van der Waals surface area contributed by atoms with E-state index in [-0.39, 0.29) is 34.9 Å². The molecule has 36 heavy (non-hydrogen) atoms. The van der Waals surface area contributed by atoms with Crippen LogP contribution in [-0.4, -0.2) is 30.7 Å². The van der Waals surface area contributed by atoms with E-state index in [1.807, 2.05) is 0 Å². The summed E-state index contributed by atoms with van der Waals surface area (Å²) in [4.78, 5) is 10.0. The Hall–Kier alpha value is -3.72. The van der Waals surface area contributed by atoms with Crippen LogP contribution in [0.25, 0.3) is 11.4 Å². The first kappa shape index (κ1) is 25.4. The third kappa shape index (κ3) is 6.48. The monoisotopic (exact) mass is 547 g/mol. The summed E-state index contributed by atoms with van der Waals surface area (Å²) in [5.41, 5.74) is 0.556. The van der Waals surface area contributed by atoms with Gasteiger partial charge >= 0.3 is 11.7 Å². The van der Waals surface area contributed by atoms with E-state index in [9.17, 15) is 26.3 Å². The van der Waals surface area contributed by atoms with Gasteiger partial charge in [0.15, 0.2) is 5.82 Å². The fourth-order valence-corrected chi connectivity index (χ4v) is 3.55. The SMILES string of the molecule is Nc1cc(Oc2ccc(-c3nnc(Nc4ccc(Cl)c(C(F)(F)F)c4)[nH]3)cc2)nc(SC(F)(F)F)n1. The molecule has 0 unspecified atom stereocenters. The molecule has 0 radical (unpaired) electrons. The van der Waals surface area contributed by atoms with Crippen molar-refractivity contribution < 1.29 is 31.1 Å². The van der Waals surface area contributed by atoms with Crippen LogP contribution in [0.3, 0.4) is 0 Å². The van der Waals surface area contributed by atoms with E-state index in [0.29, 0.717) is 5.56 Å². The first-order valence-electron chi connectivity index (χ1n) is 9.61. The summed E-state index contributed by atoms with van der Waals surface area (Å²) in [7, 11) is 0. The van der Waals surface area contributed by atoms with Gasteiger partial charge in [0.1, 0.15) is 11.6 Å². The molecule has 0 fully saturated rings. The first-order valence-corrected chi connectivity index (χ1v) is 10.8. The van der Waals surface area contributed by atoms with Crippen LogP contribution >= 0.6 is 23.4 Å². The quantitative estimate of drug-likeness (QED) is 0.139. The van der Waals surface area contributed by atoms with Crippen LogP contribution in [0.4, 0.5) is 43.8 Å². The second kappa shape index (κ2) is 9.73. The van der Waals surface area contributed by atoms with Gasteiger partial charge in [-0.3, -0.25) is 0 Å². The van der Waals surface area contributed by atoms with Gasteiger partial charge in [-0.1, -0.05) is 11.6 Å². The molecule has 8 nitrogen and oxygen atoms in total. The van der Waals surface area contributed by atoms with Gasteiger partial charge in [0.05, 0.1) is 10.6 Å². The van der Waals surface area contributed by atoms with Crippen molar-refractivity contribution in [2.45, 2.75) is 16.8 Å². The molecule has 0 aliphatic heterocycles. The highest BCUT2D eigenvalue weighted by atomic mass is 35.5. The molecule has 2 aromatic heterocycles. The zero-order chi connectivity index (χ0) is 26.1. The van der Waals surface area contributed by atoms with Gasteiger partial charge in [0.25, 0.3) is 0 Å². The maximum atomic E-state index is 13.1. The highest BCUT2D eigenvalue weighted by molar-refractivity contribution is 8.00. The highest BCUT2D eigenvalue weighted by Crippen LogP contribution is 2.37. The summed E-state index contributed by atoms with van der Waals surface area (Å²) in [6.07, 6.45) is -4.62.